The van der Waals surface area contributed by atoms with Crippen LogP contribution in [0.3, 0.4) is 0 Å². The van der Waals surface area contributed by atoms with Crippen LogP contribution in [0.15, 0.2) is 48.5 Å². The summed E-state index contributed by atoms with van der Waals surface area (Å²) in [4.78, 5) is 45.3. The van der Waals surface area contributed by atoms with Crippen molar-refractivity contribution in [3.63, 3.8) is 0 Å². The van der Waals surface area contributed by atoms with Gasteiger partial charge in [0.15, 0.2) is 35.7 Å². The average Bonchev–Trinajstić information content (AvgIpc) is 3.16. The average molecular weight is 770 g/mol. The molecule has 1 aromatic heterocycles. The van der Waals surface area contributed by atoms with Crippen LogP contribution in [0.2, 0.25) is 5.15 Å². The van der Waals surface area contributed by atoms with Crippen LogP contribution >= 0.6 is 11.6 Å². The fourth-order valence-corrected chi connectivity index (χ4v) is 6.67. The highest BCUT2D eigenvalue weighted by Crippen LogP contribution is 2.25. The van der Waals surface area contributed by atoms with E-state index >= 15 is 0 Å². The Morgan fingerprint density at radius 2 is 1.31 bits per heavy atom. The number of piperidine rings is 1. The molecular weight excluding hydrogens is 716 g/mol. The molecule has 16 heteroatoms. The predicted octanol–water partition coefficient (Wildman–Crippen LogP) is 2.55. The summed E-state index contributed by atoms with van der Waals surface area (Å²) in [7, 11) is 3.17. The smallest absolute Gasteiger partial charge is 0.274 e. The maximum atomic E-state index is 13.3. The first-order valence-electron chi connectivity index (χ1n) is 18.3. The molecule has 1 aliphatic heterocycles. The van der Waals surface area contributed by atoms with E-state index in [1.807, 2.05) is 48.5 Å². The first kappa shape index (κ1) is 42.0. The van der Waals surface area contributed by atoms with Gasteiger partial charge in [-0.2, -0.15) is 0 Å². The molecule has 15 nitrogen and oxygen atoms in total. The summed E-state index contributed by atoms with van der Waals surface area (Å²) in [6, 6.07) is 15.6. The molecule has 2 heterocycles. The fourth-order valence-electron chi connectivity index (χ4n) is 6.55. The lowest BCUT2D eigenvalue weighted by Gasteiger charge is -2.45. The molecule has 4 rings (SSSR count). The van der Waals surface area contributed by atoms with Crippen molar-refractivity contribution in [2.45, 2.75) is 44.6 Å². The molecule has 54 heavy (non-hydrogen) atoms. The summed E-state index contributed by atoms with van der Waals surface area (Å²) in [5, 5.41) is 8.56. The molecule has 3 aromatic rings. The Morgan fingerprint density at radius 1 is 0.796 bits per heavy atom. The largest absolute Gasteiger partial charge is 0.484 e. The van der Waals surface area contributed by atoms with E-state index in [4.69, 9.17) is 42.0 Å². The first-order chi connectivity index (χ1) is 26.1. The Morgan fingerprint density at radius 3 is 1.81 bits per heavy atom. The molecule has 0 aliphatic carbocycles. The summed E-state index contributed by atoms with van der Waals surface area (Å²) in [6.07, 6.45) is 5.41. The van der Waals surface area contributed by atoms with E-state index in [0.29, 0.717) is 37.8 Å². The summed E-state index contributed by atoms with van der Waals surface area (Å²) in [6.45, 7) is 5.28. The standard InChI is InChI=1S/C38H53ClN8O7/c1-51-22-17-42-32(48)25-53-30-13-9-27(10-14-30)6-3-19-47(20-4-7-28-11-15-31(16-12-28)54-26-33(49)43-18-23-52-2)21-5-8-29(24-47)44-38(50)34-36(40)46-37(41)35(39)45-34/h9-16,29H,3-8,17-26H2,1-2H3,(H6-,40,41,42,43,44,46,48,49,50)/p+1/t29-/m0/s1. The number of halogens is 1. The van der Waals surface area contributed by atoms with E-state index in [9.17, 15) is 14.4 Å². The van der Waals surface area contributed by atoms with Crippen molar-refractivity contribution >= 4 is 41.0 Å². The zero-order valence-corrected chi connectivity index (χ0v) is 32.0. The van der Waals surface area contributed by atoms with Gasteiger partial charge in [0.1, 0.15) is 11.5 Å². The fraction of sp³-hybridized carbons (Fsp3) is 0.500. The molecule has 0 unspecified atom stereocenters. The number of amides is 3. The number of benzene rings is 2. The monoisotopic (exact) mass is 769 g/mol. The molecule has 2 aromatic carbocycles. The second-order valence-electron chi connectivity index (χ2n) is 13.4. The number of nitrogens with one attached hydrogen (secondary N) is 3. The van der Waals surface area contributed by atoms with Gasteiger partial charge in [-0.25, -0.2) is 9.97 Å². The van der Waals surface area contributed by atoms with Gasteiger partial charge in [0, 0.05) is 40.2 Å². The van der Waals surface area contributed by atoms with Gasteiger partial charge in [0.05, 0.1) is 45.4 Å². The number of nitrogen functional groups attached to an aromatic ring is 2. The zero-order chi connectivity index (χ0) is 38.8. The second-order valence-corrected chi connectivity index (χ2v) is 13.8. The Hall–Kier alpha value is -4.70. The molecule has 0 bridgehead atoms. The van der Waals surface area contributed by atoms with Crippen molar-refractivity contribution in [1.82, 2.24) is 25.9 Å². The van der Waals surface area contributed by atoms with E-state index in [2.05, 4.69) is 25.9 Å². The van der Waals surface area contributed by atoms with Crippen molar-refractivity contribution in [1.29, 1.82) is 0 Å². The summed E-state index contributed by atoms with van der Waals surface area (Å²) < 4.78 is 22.0. The maximum Gasteiger partial charge on any atom is 0.274 e. The number of rotatable bonds is 22. The number of ether oxygens (including phenoxy) is 4. The van der Waals surface area contributed by atoms with E-state index in [0.717, 1.165) is 69.2 Å². The van der Waals surface area contributed by atoms with Crippen LogP contribution in [0.4, 0.5) is 11.6 Å². The predicted molar refractivity (Wildman–Crippen MR) is 206 cm³/mol. The molecular formula is C38H54ClN8O7+. The maximum absolute atomic E-state index is 13.3. The number of methoxy groups -OCH3 is 2. The normalized spacial score (nSPS) is 14.9. The van der Waals surface area contributed by atoms with Crippen molar-refractivity contribution in [3.8, 4) is 11.5 Å². The molecule has 0 saturated carbocycles. The SMILES string of the molecule is COCCNC(=O)COc1ccc(CCC[N+]2(CCCc3ccc(OCC(=O)NCCOC)cc3)CCC[C@H](NC(=O)c3nc(Cl)c(N)nc3N)C2)cc1. The Balaban J connectivity index is 1.35. The van der Waals surface area contributed by atoms with Gasteiger partial charge in [0.25, 0.3) is 17.7 Å². The molecule has 294 valence electrons. The van der Waals surface area contributed by atoms with Crippen LogP contribution in [-0.2, 0) is 31.9 Å². The van der Waals surface area contributed by atoms with Crippen molar-refractivity contribution in [2.24, 2.45) is 0 Å². The number of likely N-dealkylation sites (tertiary alicyclic amines) is 1. The van der Waals surface area contributed by atoms with E-state index in [-0.39, 0.29) is 53.6 Å². The molecule has 0 spiro atoms. The first-order valence-corrected chi connectivity index (χ1v) is 18.7. The third kappa shape index (κ3) is 13.9. The van der Waals surface area contributed by atoms with Gasteiger partial charge in [-0.05, 0) is 61.1 Å². The lowest BCUT2D eigenvalue weighted by molar-refractivity contribution is -0.933. The summed E-state index contributed by atoms with van der Waals surface area (Å²) in [5.74, 6) is 0.369. The van der Waals surface area contributed by atoms with Gasteiger partial charge in [-0.1, -0.05) is 35.9 Å². The van der Waals surface area contributed by atoms with E-state index < -0.39 is 5.91 Å². The number of hydrogen-bond donors (Lipinski definition) is 5. The van der Waals surface area contributed by atoms with Crippen LogP contribution in [0, 0.1) is 0 Å². The molecule has 1 fully saturated rings. The van der Waals surface area contributed by atoms with Crippen molar-refractivity contribution in [3.05, 3.63) is 70.5 Å². The lowest BCUT2D eigenvalue weighted by atomic mass is 9.99. The summed E-state index contributed by atoms with van der Waals surface area (Å²) in [5.41, 5.74) is 14.0. The number of carbonyl (C=O) groups is 3. The van der Waals surface area contributed by atoms with Crippen LogP contribution in [-0.4, -0.2) is 118 Å². The number of carbonyl (C=O) groups excluding carboxylic acids is 3. The topological polar surface area (TPSA) is 202 Å². The number of aryl methyl sites for hydroxylation is 2. The van der Waals surface area contributed by atoms with Gasteiger partial charge >= 0.3 is 0 Å². The second kappa shape index (κ2) is 21.9. The van der Waals surface area contributed by atoms with Crippen LogP contribution < -0.4 is 36.9 Å². The van der Waals surface area contributed by atoms with Gasteiger partial charge < -0.3 is 50.8 Å². The number of quaternary nitrogens is 1. The van der Waals surface area contributed by atoms with E-state index in [1.54, 1.807) is 14.2 Å². The highest BCUT2D eigenvalue weighted by Gasteiger charge is 2.35. The minimum absolute atomic E-state index is 0.0226. The lowest BCUT2D eigenvalue weighted by Crippen LogP contribution is -2.60. The number of nitrogens with two attached hydrogens (primary N) is 2. The minimum Gasteiger partial charge on any atom is -0.484 e. The van der Waals surface area contributed by atoms with Gasteiger partial charge in [-0.15, -0.1) is 0 Å². The van der Waals surface area contributed by atoms with Crippen molar-refractivity contribution in [2.75, 3.05) is 91.4 Å². The number of aromatic nitrogens is 2. The zero-order valence-electron chi connectivity index (χ0n) is 31.2. The van der Waals surface area contributed by atoms with Crippen LogP contribution in [0.1, 0.15) is 47.3 Å². The molecule has 1 saturated heterocycles. The highest BCUT2D eigenvalue weighted by molar-refractivity contribution is 6.31. The molecule has 1 atom stereocenters. The highest BCUT2D eigenvalue weighted by atomic mass is 35.5. The number of hydrogen-bond acceptors (Lipinski definition) is 11. The Bertz CT molecular complexity index is 1570. The minimum atomic E-state index is -0.420. The van der Waals surface area contributed by atoms with Crippen molar-refractivity contribution < 1.29 is 37.8 Å². The number of nitrogens with zero attached hydrogens (tertiary/aromatic N) is 3. The molecule has 7 N–H and O–H groups in total. The van der Waals surface area contributed by atoms with Crippen LogP contribution in [0.25, 0.3) is 0 Å². The van der Waals surface area contributed by atoms with E-state index in [1.165, 1.54) is 11.1 Å². The quantitative estimate of drug-likeness (QED) is 0.0743. The molecule has 1 aliphatic rings. The third-order valence-electron chi connectivity index (χ3n) is 9.29. The van der Waals surface area contributed by atoms with Gasteiger partial charge in [0.2, 0.25) is 0 Å². The summed E-state index contributed by atoms with van der Waals surface area (Å²) >= 11 is 6.06. The third-order valence-corrected chi connectivity index (χ3v) is 9.57. The molecule has 3 amide bonds. The van der Waals surface area contributed by atoms with Gasteiger partial charge in [-0.3, -0.25) is 14.4 Å². The Kier molecular flexibility index (Phi) is 17.0. The Labute approximate surface area is 322 Å². The number of anilines is 2. The molecule has 0 radical (unpaired) electrons. The van der Waals surface area contributed by atoms with Crippen LogP contribution in [0.5, 0.6) is 11.5 Å².